The molecule has 0 saturated heterocycles. The quantitative estimate of drug-likeness (QED) is 0.114. The van der Waals surface area contributed by atoms with E-state index < -0.39 is 0 Å². The van der Waals surface area contributed by atoms with Crippen LogP contribution in [-0.4, -0.2) is 9.13 Å². The van der Waals surface area contributed by atoms with Crippen molar-refractivity contribution < 1.29 is 0 Å². The second-order valence-corrected chi connectivity index (χ2v) is 29.1. The minimum absolute atomic E-state index is 0.950. The van der Waals surface area contributed by atoms with Crippen molar-refractivity contribution >= 4 is 86.7 Å². The summed E-state index contributed by atoms with van der Waals surface area (Å²) in [5.41, 5.74) is 35.6. The molecule has 0 spiro atoms. The van der Waals surface area contributed by atoms with Gasteiger partial charge in [-0.15, -0.1) is 0 Å². The van der Waals surface area contributed by atoms with Crippen LogP contribution in [0.5, 0.6) is 0 Å². The molecule has 2 nitrogen and oxygen atoms in total. The first-order valence-corrected chi connectivity index (χ1v) is 37.5. The molecule has 17 aromatic carbocycles. The van der Waals surface area contributed by atoms with Crippen LogP contribution >= 0.6 is 0 Å². The SMILES string of the molecule is CCn1c2ccccc2c2cc(-c3ccc(-c4c5cc(C)c(C)cc5c(-c5ccc(-c6ccc(-c7ccccc7)cc6)cc5)c5cc(C)c(C)cc45)cc3)ccc21.CCn1c2ccccc2c2cc(-c3ccc(-c4ccc(-c5c6ccccc6c(-c6ccccc6)c6cc(C)c(C)cc56)cc4)cc3)ccc21. The van der Waals surface area contributed by atoms with Crippen LogP contribution in [0.1, 0.15) is 47.2 Å². The fraction of sp³-hybridized carbons (Fsp3) is 0.0962. The van der Waals surface area contributed by atoms with E-state index in [1.165, 1.54) is 220 Å². The Balaban J connectivity index is 0.000000152. The van der Waals surface area contributed by atoms with Gasteiger partial charge in [-0.05, 0) is 268 Å². The monoisotopic (exact) mass is 1360 g/mol. The molecule has 0 aliphatic carbocycles. The van der Waals surface area contributed by atoms with E-state index >= 15 is 0 Å². The fourth-order valence-corrected chi connectivity index (χ4v) is 17.0. The summed E-state index contributed by atoms with van der Waals surface area (Å²) in [7, 11) is 0. The highest BCUT2D eigenvalue weighted by atomic mass is 15.0. The van der Waals surface area contributed by atoms with Crippen LogP contribution in [0.15, 0.2) is 328 Å². The van der Waals surface area contributed by atoms with Gasteiger partial charge in [0.1, 0.15) is 0 Å². The molecule has 0 unspecified atom stereocenters. The van der Waals surface area contributed by atoms with Crippen LogP contribution in [0.25, 0.3) is 187 Å². The standard InChI is InChI=1S/C56H45N.C48H37N/c1-6-57-53-15-11-10-14-47(53)48-34-46(28-29-54(48)57)43-22-26-45(27-23-43)56-51-32-37(4)35(2)30-49(51)55(50-31-36(3)38(5)33-52(50)56)44-24-20-42(21-25-44)41-18-16-40(17-19-41)39-12-8-7-9-13-39;1-4-49-45-17-11-10-14-39(45)42-30-38(26-27-46(42)49)35-20-18-33(19-21-35)34-22-24-37(25-23-34)48-41-16-9-8-15-40(41)47(36-12-6-5-7-13-36)43-28-31(2)32(3)29-44(43)48/h7-34H,6H2,1-5H3;5-30H,4H2,1-3H3. The summed E-state index contributed by atoms with van der Waals surface area (Å²) in [6.45, 7) is 19.8. The van der Waals surface area contributed by atoms with Crippen molar-refractivity contribution in [3.05, 3.63) is 361 Å². The largest absolute Gasteiger partial charge is 0.341 e. The second-order valence-electron chi connectivity index (χ2n) is 29.1. The molecule has 0 aliphatic rings. The highest BCUT2D eigenvalue weighted by Crippen LogP contribution is 2.49. The summed E-state index contributed by atoms with van der Waals surface area (Å²) in [4.78, 5) is 0. The molecular weight excluding hydrogens is 1280 g/mol. The van der Waals surface area contributed by atoms with Crippen LogP contribution < -0.4 is 0 Å². The van der Waals surface area contributed by atoms with Crippen molar-refractivity contribution in [2.75, 3.05) is 0 Å². The van der Waals surface area contributed by atoms with E-state index in [0.29, 0.717) is 0 Å². The molecule has 2 heteroatoms. The summed E-state index contributed by atoms with van der Waals surface area (Å²) in [6, 6.07) is 122. The third kappa shape index (κ3) is 11.4. The van der Waals surface area contributed by atoms with Crippen molar-refractivity contribution in [3.8, 4) is 100 Å². The maximum absolute atomic E-state index is 2.42. The summed E-state index contributed by atoms with van der Waals surface area (Å²) in [5.74, 6) is 0. The maximum Gasteiger partial charge on any atom is 0.0491 e. The van der Waals surface area contributed by atoms with Crippen molar-refractivity contribution in [1.82, 2.24) is 9.13 Å². The number of rotatable bonds is 11. The van der Waals surface area contributed by atoms with Gasteiger partial charge in [0.2, 0.25) is 0 Å². The van der Waals surface area contributed by atoms with E-state index in [-0.39, 0.29) is 0 Å². The summed E-state index contributed by atoms with van der Waals surface area (Å²) < 4.78 is 4.83. The third-order valence-corrected chi connectivity index (χ3v) is 23.0. The molecule has 0 radical (unpaired) electrons. The number of fused-ring (bicyclic) bond motifs is 10. The fourth-order valence-electron chi connectivity index (χ4n) is 17.0. The lowest BCUT2D eigenvalue weighted by atomic mass is 9.83. The molecular formula is C104H82N2. The Bertz CT molecular complexity index is 6560. The lowest BCUT2D eigenvalue weighted by Crippen LogP contribution is -1.95. The van der Waals surface area contributed by atoms with Gasteiger partial charge in [-0.3, -0.25) is 0 Å². The molecule has 0 atom stereocenters. The maximum atomic E-state index is 2.42. The number of hydrogen-bond donors (Lipinski definition) is 0. The Morgan fingerprint density at radius 2 is 0.358 bits per heavy atom. The molecule has 0 aliphatic heterocycles. The van der Waals surface area contributed by atoms with Crippen LogP contribution in [0, 0.1) is 41.5 Å². The Labute approximate surface area is 621 Å². The summed E-state index contributed by atoms with van der Waals surface area (Å²) >= 11 is 0. The van der Waals surface area contributed by atoms with Gasteiger partial charge in [0.05, 0.1) is 0 Å². The zero-order valence-corrected chi connectivity index (χ0v) is 61.5. The van der Waals surface area contributed by atoms with Crippen LogP contribution in [0.2, 0.25) is 0 Å². The zero-order chi connectivity index (χ0) is 71.8. The molecule has 19 rings (SSSR count). The van der Waals surface area contributed by atoms with Crippen molar-refractivity contribution in [3.63, 3.8) is 0 Å². The molecule has 2 aromatic heterocycles. The molecule has 0 fully saturated rings. The Kier molecular flexibility index (Phi) is 16.6. The first-order chi connectivity index (χ1) is 51.9. The molecule has 106 heavy (non-hydrogen) atoms. The summed E-state index contributed by atoms with van der Waals surface area (Å²) in [6.07, 6.45) is 0. The van der Waals surface area contributed by atoms with Gasteiger partial charge in [0, 0.05) is 56.7 Å². The molecule has 2 heterocycles. The normalized spacial score (nSPS) is 11.7. The molecule has 19 aromatic rings. The molecule has 0 bridgehead atoms. The van der Waals surface area contributed by atoms with Gasteiger partial charge < -0.3 is 9.13 Å². The first kappa shape index (κ1) is 65.4. The van der Waals surface area contributed by atoms with Crippen molar-refractivity contribution in [2.24, 2.45) is 0 Å². The average molecular weight is 1360 g/mol. The van der Waals surface area contributed by atoms with Crippen molar-refractivity contribution in [2.45, 2.75) is 68.5 Å². The molecule has 0 N–H and O–H groups in total. The predicted molar refractivity (Wildman–Crippen MR) is 458 cm³/mol. The minimum Gasteiger partial charge on any atom is -0.341 e. The number of aromatic nitrogens is 2. The molecule has 508 valence electrons. The topological polar surface area (TPSA) is 9.86 Å². The Morgan fingerprint density at radius 3 is 0.651 bits per heavy atom. The number of benzene rings is 17. The molecule has 0 amide bonds. The van der Waals surface area contributed by atoms with Gasteiger partial charge in [-0.1, -0.05) is 291 Å². The van der Waals surface area contributed by atoms with E-state index in [0.717, 1.165) is 13.1 Å². The smallest absolute Gasteiger partial charge is 0.0491 e. The van der Waals surface area contributed by atoms with Crippen molar-refractivity contribution in [1.29, 1.82) is 0 Å². The number of para-hydroxylation sites is 2. The zero-order valence-electron chi connectivity index (χ0n) is 61.5. The van der Waals surface area contributed by atoms with Crippen LogP contribution in [0.4, 0.5) is 0 Å². The van der Waals surface area contributed by atoms with Gasteiger partial charge in [0.15, 0.2) is 0 Å². The third-order valence-electron chi connectivity index (χ3n) is 23.0. The second kappa shape index (κ2) is 26.9. The van der Waals surface area contributed by atoms with E-state index in [1.54, 1.807) is 0 Å². The van der Waals surface area contributed by atoms with Crippen LogP contribution in [-0.2, 0) is 13.1 Å². The van der Waals surface area contributed by atoms with E-state index in [2.05, 4.69) is 392 Å². The van der Waals surface area contributed by atoms with Gasteiger partial charge in [-0.2, -0.15) is 0 Å². The lowest BCUT2D eigenvalue weighted by Gasteiger charge is -2.21. The lowest BCUT2D eigenvalue weighted by molar-refractivity contribution is 0.827. The van der Waals surface area contributed by atoms with Gasteiger partial charge in [-0.25, -0.2) is 0 Å². The Morgan fingerprint density at radius 1 is 0.160 bits per heavy atom. The van der Waals surface area contributed by atoms with Gasteiger partial charge in [0.25, 0.3) is 0 Å². The van der Waals surface area contributed by atoms with E-state index in [1.807, 2.05) is 0 Å². The highest BCUT2D eigenvalue weighted by Gasteiger charge is 2.22. The van der Waals surface area contributed by atoms with Crippen LogP contribution in [0.3, 0.4) is 0 Å². The number of nitrogens with zero attached hydrogens (tertiary/aromatic N) is 2. The van der Waals surface area contributed by atoms with E-state index in [4.69, 9.17) is 0 Å². The highest BCUT2D eigenvalue weighted by molar-refractivity contribution is 6.24. The van der Waals surface area contributed by atoms with E-state index in [9.17, 15) is 0 Å². The molecule has 0 saturated carbocycles. The average Bonchev–Trinajstić information content (AvgIpc) is 1.06. The summed E-state index contributed by atoms with van der Waals surface area (Å²) in [5, 5.41) is 15.6. The number of hydrogen-bond acceptors (Lipinski definition) is 0. The Hall–Kier alpha value is -12.6. The van der Waals surface area contributed by atoms with Gasteiger partial charge >= 0.3 is 0 Å². The minimum atomic E-state index is 0.950. The first-order valence-electron chi connectivity index (χ1n) is 37.5. The number of aryl methyl sites for hydroxylation is 8. The predicted octanol–water partition coefficient (Wildman–Crippen LogP) is 29.1.